The summed E-state index contributed by atoms with van der Waals surface area (Å²) in [5.74, 6) is 0. The molecule has 68 valence electrons. The van der Waals surface area contributed by atoms with Crippen molar-refractivity contribution in [3.8, 4) is 0 Å². The van der Waals surface area contributed by atoms with Crippen LogP contribution in [0.3, 0.4) is 0 Å². The van der Waals surface area contributed by atoms with Crippen molar-refractivity contribution >= 4 is 10.4 Å². The molecule has 0 radical (unpaired) electrons. The summed E-state index contributed by atoms with van der Waals surface area (Å²) in [7, 11) is -5.17. The summed E-state index contributed by atoms with van der Waals surface area (Å²) in [4.78, 5) is 0. The topological polar surface area (TPSA) is 150 Å². The van der Waals surface area contributed by atoms with Gasteiger partial charge in [0.05, 0.1) is 0 Å². The van der Waals surface area contributed by atoms with Crippen molar-refractivity contribution in [1.82, 2.24) is 12.3 Å². The summed E-state index contributed by atoms with van der Waals surface area (Å²) >= 11 is 0. The normalized spacial score (nSPS) is 6.44. The first-order chi connectivity index (χ1) is 2.00. The van der Waals surface area contributed by atoms with Gasteiger partial charge in [-0.05, 0) is 0 Å². The minimum absolute atomic E-state index is 0. The summed E-state index contributed by atoms with van der Waals surface area (Å²) in [6.45, 7) is 0. The molecule has 0 spiro atoms. The third kappa shape index (κ3) is 668. The van der Waals surface area contributed by atoms with Crippen LogP contribution < -0.4 is 12.3 Å². The zero-order chi connectivity index (χ0) is 4.50. The van der Waals surface area contributed by atoms with Gasteiger partial charge in [-0.1, -0.05) is 0 Å². The Morgan fingerprint density at radius 2 is 0.889 bits per heavy atom. The molecule has 6 nitrogen and oxygen atoms in total. The van der Waals surface area contributed by atoms with E-state index in [4.69, 9.17) is 17.5 Å². The third-order valence-electron chi connectivity index (χ3n) is 0. The largest absolute Gasteiger partial charge is 0.759 e. The quantitative estimate of drug-likeness (QED) is 0.318. The Hall–Kier alpha value is 0.777. The van der Waals surface area contributed by atoms with Crippen LogP contribution in [-0.4, -0.2) is 17.5 Å². The molecule has 0 aromatic heterocycles. The van der Waals surface area contributed by atoms with Crippen molar-refractivity contribution in [2.24, 2.45) is 0 Å². The molecule has 0 rings (SSSR count). The van der Waals surface area contributed by atoms with E-state index in [1.165, 1.54) is 0 Å². The molecule has 0 aromatic rings. The van der Waals surface area contributed by atoms with E-state index in [-0.39, 0.29) is 45.3 Å². The fourth-order valence-corrected chi connectivity index (χ4v) is 0. The number of rotatable bonds is 0. The Kier molecular flexibility index (Phi) is 42.4. The molecule has 0 unspecified atom stereocenters. The first-order valence-corrected chi connectivity index (χ1v) is 2.00. The van der Waals surface area contributed by atoms with Crippen molar-refractivity contribution in [3.05, 3.63) is 0 Å². The minimum Gasteiger partial charge on any atom is -0.759 e. The molecule has 9 heavy (non-hydrogen) atoms. The van der Waals surface area contributed by atoms with Gasteiger partial charge in [-0.25, -0.2) is 0 Å². The molecule has 0 bridgehead atoms. The molecule has 0 fully saturated rings. The average molecular weight is 248 g/mol. The molecule has 0 heterocycles. The van der Waals surface area contributed by atoms with Crippen molar-refractivity contribution < 1.29 is 50.5 Å². The predicted octanol–water partition coefficient (Wildman–Crippen LogP) is -1.02. The maximum atomic E-state index is 8.52. The van der Waals surface area contributed by atoms with Gasteiger partial charge in [-0.15, -0.1) is 0 Å². The van der Waals surface area contributed by atoms with Crippen LogP contribution in [0.1, 0.15) is 0 Å². The molecular weight excluding hydrogens is 241 g/mol. The first-order valence-electron chi connectivity index (χ1n) is 0.667. The molecule has 6 N–H and O–H groups in total. The zero-order valence-electron chi connectivity index (χ0n) is 4.09. The second-order valence-corrected chi connectivity index (χ2v) is 1.22. The second kappa shape index (κ2) is 11.6. The average Bonchev–Trinajstić information content (AvgIpc) is 0.722. The fraction of sp³-hybridized carbons (Fsp3) is 0. The van der Waals surface area contributed by atoms with Gasteiger partial charge in [0, 0.05) is 43.4 Å². The SMILES string of the molecule is N.N.O=S(=O)([O-])[O-].[Ni].[Ni]. The van der Waals surface area contributed by atoms with Crippen LogP contribution in [0, 0.1) is 0 Å². The molecule has 0 aromatic carbocycles. The zero-order valence-corrected chi connectivity index (χ0v) is 6.88. The molecule has 0 saturated carbocycles. The summed E-state index contributed by atoms with van der Waals surface area (Å²) < 4.78 is 34.1. The van der Waals surface area contributed by atoms with Crippen molar-refractivity contribution in [2.45, 2.75) is 0 Å². The van der Waals surface area contributed by atoms with Crippen LogP contribution in [0.4, 0.5) is 0 Å². The van der Waals surface area contributed by atoms with E-state index in [0.717, 1.165) is 0 Å². The van der Waals surface area contributed by atoms with Gasteiger partial charge in [-0.3, -0.25) is 8.42 Å². The summed E-state index contributed by atoms with van der Waals surface area (Å²) in [5, 5.41) is 0. The van der Waals surface area contributed by atoms with Crippen LogP contribution >= 0.6 is 0 Å². The first kappa shape index (κ1) is 33.0. The molecule has 0 aliphatic carbocycles. The van der Waals surface area contributed by atoms with Crippen molar-refractivity contribution in [1.29, 1.82) is 0 Å². The molecule has 0 saturated heterocycles. The Bertz CT molecular complexity index is 99.7. The van der Waals surface area contributed by atoms with Gasteiger partial charge >= 0.3 is 0 Å². The molecule has 0 aliphatic rings. The Labute approximate surface area is 73.4 Å². The van der Waals surface area contributed by atoms with E-state index >= 15 is 0 Å². The monoisotopic (exact) mass is 246 g/mol. The Morgan fingerprint density at radius 3 is 0.889 bits per heavy atom. The van der Waals surface area contributed by atoms with Gasteiger partial charge in [-0.2, -0.15) is 0 Å². The van der Waals surface area contributed by atoms with Crippen molar-refractivity contribution in [2.75, 3.05) is 0 Å². The summed E-state index contributed by atoms with van der Waals surface area (Å²) in [5.41, 5.74) is 0. The van der Waals surface area contributed by atoms with E-state index in [0.29, 0.717) is 0 Å². The summed E-state index contributed by atoms with van der Waals surface area (Å²) in [6.07, 6.45) is 0. The number of hydrogen-bond acceptors (Lipinski definition) is 6. The van der Waals surface area contributed by atoms with E-state index in [9.17, 15) is 0 Å². The van der Waals surface area contributed by atoms with E-state index in [1.54, 1.807) is 0 Å². The van der Waals surface area contributed by atoms with Gasteiger partial charge in [0.1, 0.15) is 0 Å². The maximum absolute atomic E-state index is 8.52. The molecule has 9 heteroatoms. The van der Waals surface area contributed by atoms with Gasteiger partial charge in [0.2, 0.25) is 0 Å². The number of hydrogen-bond donors (Lipinski definition) is 2. The second-order valence-electron chi connectivity index (χ2n) is 0.408. The van der Waals surface area contributed by atoms with Crippen LogP contribution in [-0.2, 0) is 43.4 Å². The van der Waals surface area contributed by atoms with Crippen LogP contribution in [0.5, 0.6) is 0 Å². The fourth-order valence-electron chi connectivity index (χ4n) is 0. The maximum Gasteiger partial charge on any atom is 0.0311 e. The van der Waals surface area contributed by atoms with E-state index in [2.05, 4.69) is 0 Å². The molecular formula is H6N2Ni2O4S-2. The summed E-state index contributed by atoms with van der Waals surface area (Å²) in [6, 6.07) is 0. The standard InChI is InChI=1S/2H3N.2Ni.H2O4S/c;;;;1-5(2,3)4/h2*1H3;;;(H2,1,2,3,4)/p-2. The van der Waals surface area contributed by atoms with Crippen LogP contribution in [0.25, 0.3) is 0 Å². The van der Waals surface area contributed by atoms with Crippen LogP contribution in [0.15, 0.2) is 0 Å². The Balaban J connectivity index is -0.0000000133. The van der Waals surface area contributed by atoms with E-state index < -0.39 is 10.4 Å². The van der Waals surface area contributed by atoms with Crippen molar-refractivity contribution in [3.63, 3.8) is 0 Å². The molecule has 0 amide bonds. The van der Waals surface area contributed by atoms with E-state index in [1.807, 2.05) is 0 Å². The van der Waals surface area contributed by atoms with Crippen LogP contribution in [0.2, 0.25) is 0 Å². The smallest absolute Gasteiger partial charge is 0.0311 e. The molecule has 0 aliphatic heterocycles. The third-order valence-corrected chi connectivity index (χ3v) is 0. The molecule has 0 atom stereocenters. The van der Waals surface area contributed by atoms with Gasteiger partial charge in [0.25, 0.3) is 0 Å². The minimum atomic E-state index is -5.17. The van der Waals surface area contributed by atoms with Gasteiger partial charge < -0.3 is 21.4 Å². The predicted molar refractivity (Wildman–Crippen MR) is 20.5 cm³/mol. The van der Waals surface area contributed by atoms with Gasteiger partial charge in [0.15, 0.2) is 0 Å². The Morgan fingerprint density at radius 1 is 0.889 bits per heavy atom.